The van der Waals surface area contributed by atoms with Gasteiger partial charge in [0.2, 0.25) is 5.91 Å². The molecule has 2 amide bonds. The van der Waals surface area contributed by atoms with Crippen LogP contribution >= 0.6 is 0 Å². The number of pyridine rings is 1. The smallest absolute Gasteiger partial charge is 0.260 e. The first kappa shape index (κ1) is 21.1. The van der Waals surface area contributed by atoms with Gasteiger partial charge in [-0.3, -0.25) is 19.5 Å². The molecule has 2 saturated heterocycles. The summed E-state index contributed by atoms with van der Waals surface area (Å²) in [7, 11) is 0. The lowest BCUT2D eigenvalue weighted by Gasteiger charge is -2.40. The molecule has 168 valence electrons. The highest BCUT2D eigenvalue weighted by atomic mass is 16.2. The number of anilines is 1. The fourth-order valence-electron chi connectivity index (χ4n) is 5.51. The quantitative estimate of drug-likeness (QED) is 0.734. The number of amides is 2. The molecule has 0 aliphatic carbocycles. The largest absolute Gasteiger partial charge is 0.343 e. The van der Waals surface area contributed by atoms with Crippen LogP contribution in [0.2, 0.25) is 0 Å². The molecule has 3 aliphatic rings. The van der Waals surface area contributed by atoms with Crippen LogP contribution in [0.25, 0.3) is 0 Å². The third-order valence-corrected chi connectivity index (χ3v) is 7.32. The van der Waals surface area contributed by atoms with Crippen molar-refractivity contribution in [2.75, 3.05) is 31.1 Å². The lowest BCUT2D eigenvalue weighted by molar-refractivity contribution is -0.133. The van der Waals surface area contributed by atoms with Crippen LogP contribution < -0.4 is 4.90 Å². The van der Waals surface area contributed by atoms with Crippen molar-refractivity contribution in [2.45, 2.75) is 57.5 Å². The maximum absolute atomic E-state index is 13.3. The van der Waals surface area contributed by atoms with E-state index in [0.717, 1.165) is 42.9 Å². The molecular weight excluding hydrogens is 400 g/mol. The number of benzene rings is 1. The normalized spacial score (nSPS) is 22.3. The van der Waals surface area contributed by atoms with E-state index in [-0.39, 0.29) is 24.3 Å². The van der Waals surface area contributed by atoms with E-state index in [2.05, 4.69) is 9.88 Å². The molecule has 0 bridgehead atoms. The van der Waals surface area contributed by atoms with E-state index in [9.17, 15) is 9.59 Å². The van der Waals surface area contributed by atoms with Gasteiger partial charge < -0.3 is 9.80 Å². The minimum absolute atomic E-state index is 0.0708. The molecule has 1 aromatic heterocycles. The van der Waals surface area contributed by atoms with Gasteiger partial charge in [0.1, 0.15) is 0 Å². The van der Waals surface area contributed by atoms with Crippen molar-refractivity contribution >= 4 is 17.5 Å². The van der Waals surface area contributed by atoms with Crippen LogP contribution in [-0.4, -0.2) is 58.8 Å². The molecule has 5 rings (SSSR count). The fourth-order valence-corrected chi connectivity index (χ4v) is 5.51. The lowest BCUT2D eigenvalue weighted by Crippen LogP contribution is -2.48. The van der Waals surface area contributed by atoms with E-state index in [4.69, 9.17) is 0 Å². The van der Waals surface area contributed by atoms with Crippen LogP contribution in [0.3, 0.4) is 0 Å². The summed E-state index contributed by atoms with van der Waals surface area (Å²) < 4.78 is 0. The highest BCUT2D eigenvalue weighted by Gasteiger charge is 2.41. The Hall–Kier alpha value is -2.73. The molecule has 4 heterocycles. The lowest BCUT2D eigenvalue weighted by atomic mass is 9.99. The van der Waals surface area contributed by atoms with Gasteiger partial charge in [0.05, 0.1) is 23.7 Å². The van der Waals surface area contributed by atoms with E-state index in [0.29, 0.717) is 11.6 Å². The molecule has 32 heavy (non-hydrogen) atoms. The van der Waals surface area contributed by atoms with Gasteiger partial charge in [0.25, 0.3) is 5.91 Å². The first-order chi connectivity index (χ1) is 15.6. The predicted octanol–water partition coefficient (Wildman–Crippen LogP) is 3.96. The molecule has 0 saturated carbocycles. The number of likely N-dealkylation sites (tertiary alicyclic amines) is 2. The van der Waals surface area contributed by atoms with Crippen molar-refractivity contribution in [1.82, 2.24) is 14.8 Å². The highest BCUT2D eigenvalue weighted by molar-refractivity contribution is 6.11. The van der Waals surface area contributed by atoms with Crippen LogP contribution in [0.15, 0.2) is 42.6 Å². The number of hydrogen-bond acceptors (Lipinski definition) is 4. The second-order valence-corrected chi connectivity index (χ2v) is 9.38. The second-order valence-electron chi connectivity index (χ2n) is 9.38. The number of piperidine rings is 2. The molecule has 0 radical (unpaired) electrons. The van der Waals surface area contributed by atoms with Crippen molar-refractivity contribution in [2.24, 2.45) is 0 Å². The number of hydrogen-bond donors (Lipinski definition) is 0. The summed E-state index contributed by atoms with van der Waals surface area (Å²) in [5.74, 6) is 0.0501. The van der Waals surface area contributed by atoms with Crippen molar-refractivity contribution in [1.29, 1.82) is 0 Å². The Morgan fingerprint density at radius 3 is 2.44 bits per heavy atom. The van der Waals surface area contributed by atoms with Crippen LogP contribution in [0.4, 0.5) is 5.69 Å². The predicted molar refractivity (Wildman–Crippen MR) is 125 cm³/mol. The standard InChI is InChI=1S/C26H32N4O2/c1-19-7-9-21(10-8-19)30-23(25-22(26(30)32)6-5-13-27-25)18-24(31)29-16-11-20(12-17-29)28-14-3-2-4-15-28/h5-10,13,20,23H,2-4,11-12,14-18H2,1H3/t23-/m0/s1. The Kier molecular flexibility index (Phi) is 5.96. The summed E-state index contributed by atoms with van der Waals surface area (Å²) in [5.41, 5.74) is 3.28. The van der Waals surface area contributed by atoms with Crippen molar-refractivity contribution in [3.63, 3.8) is 0 Å². The topological polar surface area (TPSA) is 56.8 Å². The number of rotatable bonds is 4. The van der Waals surface area contributed by atoms with Crippen molar-refractivity contribution in [3.05, 3.63) is 59.4 Å². The Balaban J connectivity index is 1.30. The zero-order valence-corrected chi connectivity index (χ0v) is 18.9. The molecule has 0 spiro atoms. The Bertz CT molecular complexity index is 976. The van der Waals surface area contributed by atoms with Gasteiger partial charge in [0.15, 0.2) is 0 Å². The van der Waals surface area contributed by atoms with E-state index < -0.39 is 0 Å². The number of aromatic nitrogens is 1. The van der Waals surface area contributed by atoms with Crippen LogP contribution in [-0.2, 0) is 4.79 Å². The third-order valence-electron chi connectivity index (χ3n) is 7.32. The zero-order chi connectivity index (χ0) is 22.1. The molecule has 0 N–H and O–H groups in total. The Labute approximate surface area is 190 Å². The number of carbonyl (C=O) groups excluding carboxylic acids is 2. The van der Waals surface area contributed by atoms with Gasteiger partial charge in [-0.15, -0.1) is 0 Å². The van der Waals surface area contributed by atoms with Crippen LogP contribution in [0.5, 0.6) is 0 Å². The summed E-state index contributed by atoms with van der Waals surface area (Å²) in [6, 6.07) is 11.8. The van der Waals surface area contributed by atoms with Crippen LogP contribution in [0, 0.1) is 6.92 Å². The summed E-state index contributed by atoms with van der Waals surface area (Å²) >= 11 is 0. The van der Waals surface area contributed by atoms with E-state index in [1.165, 1.54) is 32.4 Å². The molecule has 2 fully saturated rings. The van der Waals surface area contributed by atoms with Crippen molar-refractivity contribution < 1.29 is 9.59 Å². The summed E-state index contributed by atoms with van der Waals surface area (Å²) in [6.45, 7) is 6.05. The molecule has 6 heteroatoms. The van der Waals surface area contributed by atoms with Gasteiger partial charge in [-0.25, -0.2) is 0 Å². The molecule has 2 aromatic rings. The van der Waals surface area contributed by atoms with Crippen LogP contribution in [0.1, 0.15) is 66.2 Å². The van der Waals surface area contributed by atoms with Gasteiger partial charge in [-0.05, 0) is 70.0 Å². The fraction of sp³-hybridized carbons (Fsp3) is 0.500. The number of carbonyl (C=O) groups is 2. The van der Waals surface area contributed by atoms with Gasteiger partial charge in [-0.2, -0.15) is 0 Å². The number of fused-ring (bicyclic) bond motifs is 1. The maximum atomic E-state index is 13.3. The van der Waals surface area contributed by atoms with E-state index in [1.54, 1.807) is 17.2 Å². The molecule has 3 aliphatic heterocycles. The van der Waals surface area contributed by atoms with Crippen molar-refractivity contribution in [3.8, 4) is 0 Å². The van der Waals surface area contributed by atoms with E-state index >= 15 is 0 Å². The Morgan fingerprint density at radius 1 is 1.00 bits per heavy atom. The SMILES string of the molecule is Cc1ccc(N2C(=O)c3cccnc3[C@@H]2CC(=O)N2CCC(N3CCCCC3)CC2)cc1. The van der Waals surface area contributed by atoms with Gasteiger partial charge in [-0.1, -0.05) is 24.1 Å². The third kappa shape index (κ3) is 4.04. The zero-order valence-electron chi connectivity index (χ0n) is 18.9. The van der Waals surface area contributed by atoms with E-state index in [1.807, 2.05) is 42.2 Å². The first-order valence-electron chi connectivity index (χ1n) is 12.0. The second kappa shape index (κ2) is 9.02. The first-order valence-corrected chi connectivity index (χ1v) is 12.0. The number of nitrogens with zero attached hydrogens (tertiary/aromatic N) is 4. The average Bonchev–Trinajstić information content (AvgIpc) is 3.12. The summed E-state index contributed by atoms with van der Waals surface area (Å²) in [5, 5.41) is 0. The molecule has 1 aromatic carbocycles. The molecule has 0 unspecified atom stereocenters. The number of aryl methyl sites for hydroxylation is 1. The van der Waals surface area contributed by atoms with Gasteiger partial charge >= 0.3 is 0 Å². The molecule has 6 nitrogen and oxygen atoms in total. The molecular formula is C26H32N4O2. The Morgan fingerprint density at radius 2 is 1.72 bits per heavy atom. The molecule has 1 atom stereocenters. The monoisotopic (exact) mass is 432 g/mol. The minimum Gasteiger partial charge on any atom is -0.343 e. The summed E-state index contributed by atoms with van der Waals surface area (Å²) in [6.07, 6.45) is 8.04. The maximum Gasteiger partial charge on any atom is 0.260 e. The van der Waals surface area contributed by atoms with Gasteiger partial charge in [0, 0.05) is 31.0 Å². The average molecular weight is 433 g/mol. The highest BCUT2D eigenvalue weighted by Crippen LogP contribution is 2.38. The summed E-state index contributed by atoms with van der Waals surface area (Å²) in [4.78, 5) is 37.5. The minimum atomic E-state index is -0.353.